The van der Waals surface area contributed by atoms with E-state index in [-0.39, 0.29) is 19.6 Å². The van der Waals surface area contributed by atoms with Crippen LogP contribution in [0.3, 0.4) is 0 Å². The van der Waals surface area contributed by atoms with Gasteiger partial charge < -0.3 is 34.3 Å². The highest BCUT2D eigenvalue weighted by Crippen LogP contribution is 2.26. The first-order valence-corrected chi connectivity index (χ1v) is 31.7. The molecule has 0 amide bonds. The minimum atomic E-state index is -5.07. The number of carbonyl (C=O) groups excluding carboxylic acids is 1. The Balaban J connectivity index is 2.29. The van der Waals surface area contributed by atoms with E-state index in [0.717, 1.165) is 83.5 Å². The van der Waals surface area contributed by atoms with Crippen molar-refractivity contribution in [3.05, 3.63) is 85.1 Å². The van der Waals surface area contributed by atoms with Gasteiger partial charge in [-0.1, -0.05) is 234 Å². The van der Waals surface area contributed by atoms with E-state index in [9.17, 15) is 33.1 Å². The van der Waals surface area contributed by atoms with Gasteiger partial charge in [0.25, 0.3) is 0 Å². The second kappa shape index (κ2) is 53.0. The van der Waals surface area contributed by atoms with E-state index >= 15 is 0 Å². The van der Waals surface area contributed by atoms with Crippen molar-refractivity contribution in [1.82, 2.24) is 0 Å². The van der Waals surface area contributed by atoms with Crippen molar-refractivity contribution in [2.45, 2.75) is 282 Å². The summed E-state index contributed by atoms with van der Waals surface area (Å²) in [5.41, 5.74) is 0. The largest absolute Gasteiger partial charge is 0.457 e. The quantitative estimate of drug-likeness (QED) is 0.0196. The molecule has 1 fully saturated rings. The van der Waals surface area contributed by atoms with Crippen LogP contribution in [-0.4, -0.2) is 97.5 Å². The van der Waals surface area contributed by atoms with Gasteiger partial charge in [-0.15, -0.1) is 0 Å². The van der Waals surface area contributed by atoms with Gasteiger partial charge in [-0.2, -0.15) is 8.42 Å². The molecule has 13 heteroatoms. The Kier molecular flexibility index (Phi) is 49.7. The van der Waals surface area contributed by atoms with Gasteiger partial charge in [0.15, 0.2) is 6.29 Å². The molecule has 0 aromatic rings. The molecule has 0 bridgehead atoms. The fraction of sp³-hybridized carbons (Fsp3) is 0.762. The molecule has 6 unspecified atom stereocenters. The lowest BCUT2D eigenvalue weighted by atomic mass is 9.99. The molecule has 1 rings (SSSR count). The standard InChI is InChI=1S/C63H110O12S/c1-3-5-7-9-11-13-15-17-19-21-23-25-27-29-30-32-34-36-38-40-42-44-46-48-50-52-59(65)73-57(56-72-63-61(67)62(75-76(68,69)70)60(66)58(54-64)74-63)55-71-53-51-49-47-45-43-41-39-37-35-33-31-28-26-24-22-20-18-16-14-12-10-8-6-4-2/h5,7,11,13,16-19,22-25,29-30,57-58,60-64,66-67H,3-4,6,8-10,12,14-15,20-21,26-28,31-56H2,1-2H3,(H,68,69,70)/b7-5-,13-11-,18-16-,19-17-,24-22-,25-23-,30-29-. The number of aliphatic hydroxyl groups excluding tert-OH is 3. The number of unbranched alkanes of at least 4 members (excludes halogenated alkanes) is 26. The van der Waals surface area contributed by atoms with Crippen LogP contribution in [0, 0.1) is 0 Å². The lowest BCUT2D eigenvalue weighted by Crippen LogP contribution is -2.60. The maximum Gasteiger partial charge on any atom is 0.397 e. The highest BCUT2D eigenvalue weighted by Gasteiger charge is 2.48. The molecule has 1 aliphatic rings. The fourth-order valence-corrected chi connectivity index (χ4v) is 9.48. The third-order valence-corrected chi connectivity index (χ3v) is 14.0. The molecule has 1 saturated heterocycles. The summed E-state index contributed by atoms with van der Waals surface area (Å²) in [7, 11) is -5.07. The van der Waals surface area contributed by atoms with Crippen molar-refractivity contribution in [1.29, 1.82) is 0 Å². The first-order valence-electron chi connectivity index (χ1n) is 30.3. The monoisotopic (exact) mass is 1090 g/mol. The topological polar surface area (TPSA) is 178 Å². The molecule has 0 aromatic carbocycles. The number of hydrogen-bond donors (Lipinski definition) is 4. The van der Waals surface area contributed by atoms with Gasteiger partial charge in [0.2, 0.25) is 0 Å². The zero-order valence-corrected chi connectivity index (χ0v) is 48.6. The summed E-state index contributed by atoms with van der Waals surface area (Å²) in [4.78, 5) is 13.0. The Morgan fingerprint density at radius 1 is 0.513 bits per heavy atom. The number of carbonyl (C=O) groups is 1. The van der Waals surface area contributed by atoms with Gasteiger partial charge in [-0.3, -0.25) is 9.35 Å². The average molecular weight is 1090 g/mol. The van der Waals surface area contributed by atoms with Crippen LogP contribution in [0.5, 0.6) is 0 Å². The van der Waals surface area contributed by atoms with E-state index in [0.29, 0.717) is 13.0 Å². The van der Waals surface area contributed by atoms with Crippen molar-refractivity contribution in [3.63, 3.8) is 0 Å². The van der Waals surface area contributed by atoms with Crippen LogP contribution in [0.25, 0.3) is 0 Å². The average Bonchev–Trinajstić information content (AvgIpc) is 3.40. The molecule has 1 heterocycles. The predicted octanol–water partition coefficient (Wildman–Crippen LogP) is 15.5. The summed E-state index contributed by atoms with van der Waals surface area (Å²) >= 11 is 0. The summed E-state index contributed by atoms with van der Waals surface area (Å²) in [6, 6.07) is 0. The third-order valence-electron chi connectivity index (χ3n) is 13.5. The normalized spacial score (nSPS) is 19.2. The van der Waals surface area contributed by atoms with Crippen LogP contribution >= 0.6 is 0 Å². The maximum atomic E-state index is 13.0. The second-order valence-electron chi connectivity index (χ2n) is 20.6. The molecule has 1 aliphatic heterocycles. The van der Waals surface area contributed by atoms with E-state index in [1.807, 2.05) is 0 Å². The van der Waals surface area contributed by atoms with Crippen LogP contribution in [0.2, 0.25) is 0 Å². The van der Waals surface area contributed by atoms with Crippen LogP contribution in [0.1, 0.15) is 245 Å². The van der Waals surface area contributed by atoms with Gasteiger partial charge in [-0.05, 0) is 89.9 Å². The molecule has 0 radical (unpaired) electrons. The van der Waals surface area contributed by atoms with Crippen LogP contribution in [0.4, 0.5) is 0 Å². The fourth-order valence-electron chi connectivity index (χ4n) is 8.97. The molecule has 0 spiro atoms. The van der Waals surface area contributed by atoms with E-state index in [4.69, 9.17) is 18.9 Å². The predicted molar refractivity (Wildman–Crippen MR) is 312 cm³/mol. The van der Waals surface area contributed by atoms with Gasteiger partial charge in [0, 0.05) is 13.0 Å². The number of aliphatic hydroxyl groups is 3. The number of rotatable bonds is 53. The lowest BCUT2D eigenvalue weighted by Gasteiger charge is -2.41. The summed E-state index contributed by atoms with van der Waals surface area (Å²) in [5, 5.41) is 30.9. The Bertz CT molecular complexity index is 1640. The molecule has 4 N–H and O–H groups in total. The Labute approximate surface area is 463 Å². The molecule has 0 aromatic heterocycles. The van der Waals surface area contributed by atoms with E-state index in [2.05, 4.69) is 103 Å². The van der Waals surface area contributed by atoms with Gasteiger partial charge in [0.05, 0.1) is 19.8 Å². The Morgan fingerprint density at radius 3 is 1.33 bits per heavy atom. The summed E-state index contributed by atoms with van der Waals surface area (Å²) in [5.74, 6) is -0.406. The SMILES string of the molecule is CC/C=C\C/C=C\C/C=C\C/C=C\C/C=C\CCCCCCCCCCCC(=O)OC(COCCCCCCCCCCCCCC/C=C\C/C=C\CCCCCCC)COC1OC(CO)C(O)C(OS(=O)(=O)O)C1O. The van der Waals surface area contributed by atoms with Crippen LogP contribution in [0.15, 0.2) is 85.1 Å². The molecule has 0 aliphatic carbocycles. The Hall–Kier alpha value is -2.72. The molecule has 12 nitrogen and oxygen atoms in total. The zero-order valence-electron chi connectivity index (χ0n) is 47.8. The van der Waals surface area contributed by atoms with Gasteiger partial charge in [-0.25, -0.2) is 4.18 Å². The molecule has 440 valence electrons. The van der Waals surface area contributed by atoms with Crippen molar-refractivity contribution >= 4 is 16.4 Å². The lowest BCUT2D eigenvalue weighted by molar-refractivity contribution is -0.301. The van der Waals surface area contributed by atoms with Crippen molar-refractivity contribution in [2.24, 2.45) is 0 Å². The minimum Gasteiger partial charge on any atom is -0.457 e. The number of esters is 1. The number of ether oxygens (including phenoxy) is 4. The minimum absolute atomic E-state index is 0.0293. The van der Waals surface area contributed by atoms with Crippen molar-refractivity contribution < 1.29 is 56.2 Å². The van der Waals surface area contributed by atoms with E-state index in [1.54, 1.807) is 0 Å². The van der Waals surface area contributed by atoms with Crippen molar-refractivity contribution in [2.75, 3.05) is 26.4 Å². The van der Waals surface area contributed by atoms with Crippen molar-refractivity contribution in [3.8, 4) is 0 Å². The third kappa shape index (κ3) is 45.2. The summed E-state index contributed by atoms with van der Waals surface area (Å²) in [6.07, 6.45) is 63.3. The van der Waals surface area contributed by atoms with E-state index in [1.165, 1.54) is 135 Å². The Morgan fingerprint density at radius 2 is 0.908 bits per heavy atom. The first kappa shape index (κ1) is 71.3. The zero-order chi connectivity index (χ0) is 55.3. The van der Waals surface area contributed by atoms with E-state index < -0.39 is 59.8 Å². The summed E-state index contributed by atoms with van der Waals surface area (Å²) < 4.78 is 59.5. The van der Waals surface area contributed by atoms with Gasteiger partial charge >= 0.3 is 16.4 Å². The van der Waals surface area contributed by atoms with Gasteiger partial charge in [0.1, 0.15) is 30.5 Å². The molecule has 6 atom stereocenters. The molecule has 76 heavy (non-hydrogen) atoms. The second-order valence-corrected chi connectivity index (χ2v) is 21.6. The van der Waals surface area contributed by atoms with Crippen LogP contribution < -0.4 is 0 Å². The smallest absolute Gasteiger partial charge is 0.397 e. The molecule has 0 saturated carbocycles. The molecular weight excluding hydrogens is 981 g/mol. The molecular formula is C63H110O12S. The number of hydrogen-bond acceptors (Lipinski definition) is 11. The highest BCUT2D eigenvalue weighted by atomic mass is 32.3. The maximum absolute atomic E-state index is 13.0. The first-order chi connectivity index (χ1) is 37.1. The highest BCUT2D eigenvalue weighted by molar-refractivity contribution is 7.80. The number of allylic oxidation sites excluding steroid dienone is 14. The van der Waals surface area contributed by atoms with Crippen LogP contribution in [-0.2, 0) is 38.3 Å². The summed E-state index contributed by atoms with van der Waals surface area (Å²) in [6.45, 7) is 3.88.